The van der Waals surface area contributed by atoms with Gasteiger partial charge in [-0.15, -0.1) is 0 Å². The molecule has 2 rings (SSSR count). The van der Waals surface area contributed by atoms with Crippen LogP contribution >= 0.6 is 23.2 Å². The first-order chi connectivity index (χ1) is 12.4. The second-order valence-corrected chi connectivity index (χ2v) is 6.65. The van der Waals surface area contributed by atoms with Gasteiger partial charge in [0.15, 0.2) is 18.2 Å². The molecule has 0 saturated carbocycles. The molecule has 2 aromatic rings. The minimum atomic E-state index is -0.233. The van der Waals surface area contributed by atoms with Crippen molar-refractivity contribution in [2.24, 2.45) is 0 Å². The molecule has 0 aliphatic heterocycles. The second-order valence-electron chi connectivity index (χ2n) is 5.85. The number of hydrogen-bond acceptors (Lipinski definition) is 3. The van der Waals surface area contributed by atoms with Crippen LogP contribution in [-0.2, 0) is 9.59 Å². The molecule has 6 nitrogen and oxygen atoms in total. The number of hydrogen-bond donors (Lipinski definition) is 3. The highest BCUT2D eigenvalue weighted by Gasteiger charge is 2.18. The van der Waals surface area contributed by atoms with Gasteiger partial charge in [0, 0.05) is 16.9 Å². The van der Waals surface area contributed by atoms with E-state index in [2.05, 4.69) is 15.6 Å². The monoisotopic (exact) mass is 395 g/mol. The molecule has 0 spiro atoms. The van der Waals surface area contributed by atoms with Gasteiger partial charge in [-0.25, -0.2) is 4.98 Å². The average molecular weight is 396 g/mol. The normalized spacial score (nSPS) is 11.7. The summed E-state index contributed by atoms with van der Waals surface area (Å²) in [5, 5.41) is 6.34. The topological polar surface area (TPSA) is 75.5 Å². The predicted octanol–water partition coefficient (Wildman–Crippen LogP) is 2.18. The molecule has 138 valence electrons. The number of rotatable bonds is 7. The van der Waals surface area contributed by atoms with E-state index in [1.54, 1.807) is 30.5 Å². The first-order valence-electron chi connectivity index (χ1n) is 8.19. The maximum Gasteiger partial charge on any atom is 0.279 e. The third-order valence-electron chi connectivity index (χ3n) is 3.83. The number of anilines is 2. The van der Waals surface area contributed by atoms with Crippen molar-refractivity contribution in [1.29, 1.82) is 0 Å². The number of carbonyl (C=O) groups is 2. The fourth-order valence-electron chi connectivity index (χ4n) is 2.36. The van der Waals surface area contributed by atoms with Crippen LogP contribution < -0.4 is 15.5 Å². The fourth-order valence-corrected chi connectivity index (χ4v) is 2.70. The van der Waals surface area contributed by atoms with Crippen LogP contribution in [0.5, 0.6) is 0 Å². The molecule has 1 atom stereocenters. The van der Waals surface area contributed by atoms with Gasteiger partial charge in [-0.1, -0.05) is 29.3 Å². The summed E-state index contributed by atoms with van der Waals surface area (Å²) < 4.78 is 0. The molecule has 0 radical (unpaired) electrons. The molecule has 8 heteroatoms. The van der Waals surface area contributed by atoms with Gasteiger partial charge in [-0.3, -0.25) is 9.59 Å². The zero-order chi connectivity index (χ0) is 19.1. The molecule has 3 N–H and O–H groups in total. The van der Waals surface area contributed by atoms with Crippen LogP contribution in [-0.4, -0.2) is 36.4 Å². The van der Waals surface area contributed by atoms with E-state index < -0.39 is 0 Å². The molecule has 26 heavy (non-hydrogen) atoms. The van der Waals surface area contributed by atoms with Crippen molar-refractivity contribution in [2.75, 3.05) is 30.3 Å². The van der Waals surface area contributed by atoms with Crippen LogP contribution in [0.1, 0.15) is 12.5 Å². The molecular weight excluding hydrogens is 375 g/mol. The van der Waals surface area contributed by atoms with Gasteiger partial charge in [0.25, 0.3) is 11.8 Å². The molecule has 2 amide bonds. The first kappa shape index (κ1) is 20.2. The zero-order valence-electron chi connectivity index (χ0n) is 14.6. The van der Waals surface area contributed by atoms with E-state index in [9.17, 15) is 9.59 Å². The van der Waals surface area contributed by atoms with Crippen molar-refractivity contribution < 1.29 is 14.5 Å². The van der Waals surface area contributed by atoms with Crippen molar-refractivity contribution in [3.63, 3.8) is 0 Å². The number of aromatic nitrogens is 1. The van der Waals surface area contributed by atoms with Crippen LogP contribution in [0.15, 0.2) is 36.5 Å². The number of carbonyl (C=O) groups excluding carboxylic acids is 2. The lowest BCUT2D eigenvalue weighted by molar-refractivity contribution is -0.881. The predicted molar refractivity (Wildman–Crippen MR) is 104 cm³/mol. The molecule has 0 saturated heterocycles. The van der Waals surface area contributed by atoms with Crippen molar-refractivity contribution in [1.82, 2.24) is 4.98 Å². The number of halogens is 2. The highest BCUT2D eigenvalue weighted by atomic mass is 35.5. The van der Waals surface area contributed by atoms with E-state index in [1.165, 1.54) is 0 Å². The Balaban J connectivity index is 1.91. The first-order valence-corrected chi connectivity index (χ1v) is 8.94. The molecular formula is C18H21Cl2N4O2+. The van der Waals surface area contributed by atoms with Crippen molar-refractivity contribution >= 4 is 46.4 Å². The summed E-state index contributed by atoms with van der Waals surface area (Å²) in [6.07, 6.45) is 1.55. The van der Waals surface area contributed by atoms with Crippen molar-refractivity contribution in [3.05, 3.63) is 52.3 Å². The number of amides is 2. The molecule has 0 bridgehead atoms. The summed E-state index contributed by atoms with van der Waals surface area (Å²) in [5.74, 6) is -0.414. The number of aryl methyl sites for hydroxylation is 1. The summed E-state index contributed by atoms with van der Waals surface area (Å²) >= 11 is 11.9. The molecule has 1 heterocycles. The Morgan fingerprint density at radius 3 is 2.35 bits per heavy atom. The van der Waals surface area contributed by atoms with Crippen LogP contribution in [0.25, 0.3) is 0 Å². The molecule has 1 unspecified atom stereocenters. The van der Waals surface area contributed by atoms with Gasteiger partial charge < -0.3 is 15.5 Å². The SMILES string of the molecule is CC[NH+](CC(=O)Nc1cc(Cl)ccc1C)CC(=O)Nc1cccnc1Cl. The summed E-state index contributed by atoms with van der Waals surface area (Å²) in [5.41, 5.74) is 2.04. The van der Waals surface area contributed by atoms with Crippen LogP contribution in [0.4, 0.5) is 11.4 Å². The van der Waals surface area contributed by atoms with Gasteiger partial charge in [0.05, 0.1) is 12.2 Å². The molecule has 1 aromatic heterocycles. The Hall–Kier alpha value is -2.15. The maximum atomic E-state index is 12.3. The lowest BCUT2D eigenvalue weighted by atomic mass is 10.2. The smallest absolute Gasteiger partial charge is 0.279 e. The third kappa shape index (κ3) is 5.98. The van der Waals surface area contributed by atoms with E-state index >= 15 is 0 Å². The number of pyridine rings is 1. The Bertz CT molecular complexity index is 799. The van der Waals surface area contributed by atoms with Gasteiger partial charge in [-0.05, 0) is 43.7 Å². The Kier molecular flexibility index (Phi) is 7.38. The van der Waals surface area contributed by atoms with E-state index in [0.29, 0.717) is 22.9 Å². The average Bonchev–Trinajstić information content (AvgIpc) is 2.59. The summed E-state index contributed by atoms with van der Waals surface area (Å²) in [4.78, 5) is 29.2. The standard InChI is InChI=1S/C18H20Cl2N4O2/c1-3-24(10-16(25)22-14-5-4-8-21-18(14)20)11-17(26)23-15-9-13(19)7-6-12(15)2/h4-9H,3,10-11H2,1-2H3,(H,22,25)(H,23,26)/p+1. The lowest BCUT2D eigenvalue weighted by Crippen LogP contribution is -3.13. The molecule has 1 aromatic carbocycles. The Morgan fingerprint density at radius 2 is 1.73 bits per heavy atom. The number of nitrogens with zero attached hydrogens (tertiary/aromatic N) is 1. The maximum absolute atomic E-state index is 12.3. The van der Waals surface area contributed by atoms with E-state index in [1.807, 2.05) is 19.9 Å². The molecule has 0 aliphatic carbocycles. The van der Waals surface area contributed by atoms with Crippen molar-refractivity contribution in [3.8, 4) is 0 Å². The number of benzene rings is 1. The minimum Gasteiger partial charge on any atom is -0.321 e. The Labute approximate surface area is 162 Å². The van der Waals surface area contributed by atoms with Crippen LogP contribution in [0, 0.1) is 6.92 Å². The summed E-state index contributed by atoms with van der Waals surface area (Å²) in [6.45, 7) is 4.73. The quantitative estimate of drug-likeness (QED) is 0.628. The fraction of sp³-hybridized carbons (Fsp3) is 0.278. The molecule has 0 aliphatic rings. The van der Waals surface area contributed by atoms with Gasteiger partial charge >= 0.3 is 0 Å². The second kappa shape index (κ2) is 9.52. The highest BCUT2D eigenvalue weighted by Crippen LogP contribution is 2.20. The van der Waals surface area contributed by atoms with Crippen molar-refractivity contribution in [2.45, 2.75) is 13.8 Å². The van der Waals surface area contributed by atoms with E-state index in [-0.39, 0.29) is 30.1 Å². The largest absolute Gasteiger partial charge is 0.321 e. The summed E-state index contributed by atoms with van der Waals surface area (Å²) in [6, 6.07) is 8.68. The van der Waals surface area contributed by atoms with Gasteiger partial charge in [-0.2, -0.15) is 0 Å². The van der Waals surface area contributed by atoms with Crippen LogP contribution in [0.2, 0.25) is 10.2 Å². The number of nitrogens with one attached hydrogen (secondary N) is 3. The number of quaternary nitrogens is 1. The number of likely N-dealkylation sites (N-methyl/N-ethyl adjacent to an activating group) is 1. The third-order valence-corrected chi connectivity index (χ3v) is 4.36. The van der Waals surface area contributed by atoms with Crippen LogP contribution in [0.3, 0.4) is 0 Å². The van der Waals surface area contributed by atoms with E-state index in [0.717, 1.165) is 10.5 Å². The highest BCUT2D eigenvalue weighted by molar-refractivity contribution is 6.32. The van der Waals surface area contributed by atoms with Gasteiger partial charge in [0.1, 0.15) is 0 Å². The zero-order valence-corrected chi connectivity index (χ0v) is 16.1. The lowest BCUT2D eigenvalue weighted by Gasteiger charge is -2.17. The summed E-state index contributed by atoms with van der Waals surface area (Å²) in [7, 11) is 0. The molecule has 0 fully saturated rings. The Morgan fingerprint density at radius 1 is 1.08 bits per heavy atom. The minimum absolute atomic E-state index is 0.143. The van der Waals surface area contributed by atoms with E-state index in [4.69, 9.17) is 23.2 Å². The van der Waals surface area contributed by atoms with Gasteiger partial charge in [0.2, 0.25) is 0 Å².